The molecule has 1 aliphatic heterocycles. The second-order valence-electron chi connectivity index (χ2n) is 8.87. The van der Waals surface area contributed by atoms with Crippen LogP contribution in [-0.4, -0.2) is 25.4 Å². The highest BCUT2D eigenvalue weighted by molar-refractivity contribution is 6.33. The van der Waals surface area contributed by atoms with Crippen LogP contribution in [0.15, 0.2) is 42.5 Å². The Morgan fingerprint density at radius 3 is 2.45 bits per heavy atom. The fraction of sp³-hybridized carbons (Fsp3) is 0.556. The lowest BCUT2D eigenvalue weighted by Gasteiger charge is -2.13. The highest BCUT2D eigenvalue weighted by Crippen LogP contribution is 2.37. The molecule has 170 valence electrons. The minimum Gasteiger partial charge on any atom is -0.494 e. The van der Waals surface area contributed by atoms with Gasteiger partial charge in [0.1, 0.15) is 11.5 Å². The third-order valence-corrected chi connectivity index (χ3v) is 6.36. The van der Waals surface area contributed by atoms with E-state index in [1.807, 2.05) is 30.3 Å². The Morgan fingerprint density at radius 1 is 0.968 bits per heavy atom. The lowest BCUT2D eigenvalue weighted by atomic mass is 9.99. The smallest absolute Gasteiger partial charge is 0.120 e. The molecule has 0 aliphatic carbocycles. The van der Waals surface area contributed by atoms with E-state index < -0.39 is 0 Å². The first kappa shape index (κ1) is 23.9. The molecular formula is C27H37ClO3. The first-order valence-corrected chi connectivity index (χ1v) is 12.2. The first-order valence-electron chi connectivity index (χ1n) is 11.8. The summed E-state index contributed by atoms with van der Waals surface area (Å²) >= 11 is 6.59. The Hall–Kier alpha value is -1.71. The van der Waals surface area contributed by atoms with E-state index in [1.54, 1.807) is 0 Å². The summed E-state index contributed by atoms with van der Waals surface area (Å²) < 4.78 is 17.6. The van der Waals surface area contributed by atoms with Crippen LogP contribution in [0, 0.1) is 5.92 Å². The largest absolute Gasteiger partial charge is 0.494 e. The molecule has 2 aromatic carbocycles. The van der Waals surface area contributed by atoms with Crippen molar-refractivity contribution in [3.05, 3.63) is 47.5 Å². The van der Waals surface area contributed by atoms with Gasteiger partial charge < -0.3 is 14.2 Å². The molecular weight excluding hydrogens is 408 g/mol. The SMILES string of the molecule is CCCC(C)CCOc1ccc(-c2cccc(OCCCC3(CCC)CO3)c2)c(Cl)c1. The van der Waals surface area contributed by atoms with Crippen LogP contribution in [0.3, 0.4) is 0 Å². The average molecular weight is 445 g/mol. The Bertz CT molecular complexity index is 816. The molecule has 3 nitrogen and oxygen atoms in total. The summed E-state index contributed by atoms with van der Waals surface area (Å²) in [4.78, 5) is 0. The van der Waals surface area contributed by atoms with E-state index in [9.17, 15) is 0 Å². The van der Waals surface area contributed by atoms with Crippen molar-refractivity contribution in [2.45, 2.75) is 71.3 Å². The third-order valence-electron chi connectivity index (χ3n) is 6.05. The fourth-order valence-electron chi connectivity index (χ4n) is 4.14. The van der Waals surface area contributed by atoms with Gasteiger partial charge in [-0.15, -0.1) is 0 Å². The zero-order valence-electron chi connectivity index (χ0n) is 19.3. The van der Waals surface area contributed by atoms with Crippen molar-refractivity contribution < 1.29 is 14.2 Å². The van der Waals surface area contributed by atoms with Crippen LogP contribution in [0.4, 0.5) is 0 Å². The van der Waals surface area contributed by atoms with Crippen LogP contribution < -0.4 is 9.47 Å². The molecule has 0 saturated carbocycles. The average Bonchev–Trinajstić information content (AvgIpc) is 3.52. The molecule has 0 spiro atoms. The standard InChI is InChI=1S/C27H37ClO3/c1-4-8-21(3)13-17-30-24-11-12-25(26(28)19-24)22-9-6-10-23(18-22)29-16-7-15-27(14-5-2)20-31-27/h6,9-12,18-19,21H,4-5,7-8,13-17,20H2,1-3H3. The summed E-state index contributed by atoms with van der Waals surface area (Å²) in [7, 11) is 0. The van der Waals surface area contributed by atoms with Gasteiger partial charge in [-0.1, -0.05) is 63.8 Å². The van der Waals surface area contributed by atoms with Crippen molar-refractivity contribution >= 4 is 11.6 Å². The van der Waals surface area contributed by atoms with E-state index in [0.717, 1.165) is 61.5 Å². The van der Waals surface area contributed by atoms with Crippen molar-refractivity contribution in [2.24, 2.45) is 5.92 Å². The number of benzene rings is 2. The van der Waals surface area contributed by atoms with Crippen molar-refractivity contribution in [2.75, 3.05) is 19.8 Å². The van der Waals surface area contributed by atoms with Gasteiger partial charge >= 0.3 is 0 Å². The molecule has 31 heavy (non-hydrogen) atoms. The Morgan fingerprint density at radius 2 is 1.74 bits per heavy atom. The molecule has 1 heterocycles. The van der Waals surface area contributed by atoms with Gasteiger partial charge in [0.25, 0.3) is 0 Å². The predicted octanol–water partition coefficient (Wildman–Crippen LogP) is 7.94. The molecule has 2 atom stereocenters. The molecule has 1 saturated heterocycles. The minimum absolute atomic E-state index is 0.144. The highest BCUT2D eigenvalue weighted by atomic mass is 35.5. The fourth-order valence-corrected chi connectivity index (χ4v) is 4.42. The molecule has 0 amide bonds. The van der Waals surface area contributed by atoms with Crippen LogP contribution in [0.25, 0.3) is 11.1 Å². The summed E-state index contributed by atoms with van der Waals surface area (Å²) in [6, 6.07) is 14.1. The maximum Gasteiger partial charge on any atom is 0.120 e. The van der Waals surface area contributed by atoms with E-state index in [-0.39, 0.29) is 5.60 Å². The molecule has 4 heteroatoms. The molecule has 0 bridgehead atoms. The van der Waals surface area contributed by atoms with Gasteiger partial charge in [0.05, 0.1) is 30.4 Å². The van der Waals surface area contributed by atoms with Crippen molar-refractivity contribution in [1.82, 2.24) is 0 Å². The van der Waals surface area contributed by atoms with Crippen LogP contribution in [0.5, 0.6) is 11.5 Å². The van der Waals surface area contributed by atoms with Crippen LogP contribution in [0.1, 0.15) is 65.7 Å². The maximum atomic E-state index is 6.59. The van der Waals surface area contributed by atoms with E-state index in [2.05, 4.69) is 32.9 Å². The maximum absolute atomic E-state index is 6.59. The lowest BCUT2D eigenvalue weighted by molar-refractivity contribution is 0.239. The zero-order chi connectivity index (χ0) is 22.1. The number of hydrogen-bond acceptors (Lipinski definition) is 3. The van der Waals surface area contributed by atoms with Gasteiger partial charge in [0.15, 0.2) is 0 Å². The van der Waals surface area contributed by atoms with Gasteiger partial charge in [-0.3, -0.25) is 0 Å². The number of epoxide rings is 1. The topological polar surface area (TPSA) is 31.0 Å². The Labute approximate surface area is 193 Å². The quantitative estimate of drug-likeness (QED) is 0.219. The summed E-state index contributed by atoms with van der Waals surface area (Å²) in [5.74, 6) is 2.39. The molecule has 0 aromatic heterocycles. The molecule has 0 N–H and O–H groups in total. The van der Waals surface area contributed by atoms with E-state index in [0.29, 0.717) is 17.5 Å². The second-order valence-corrected chi connectivity index (χ2v) is 9.28. The molecule has 2 aromatic rings. The molecule has 0 radical (unpaired) electrons. The number of rotatable bonds is 14. The van der Waals surface area contributed by atoms with E-state index in [4.69, 9.17) is 25.8 Å². The van der Waals surface area contributed by atoms with Gasteiger partial charge in [0.2, 0.25) is 0 Å². The zero-order valence-corrected chi connectivity index (χ0v) is 20.0. The minimum atomic E-state index is 0.144. The highest BCUT2D eigenvalue weighted by Gasteiger charge is 2.42. The van der Waals surface area contributed by atoms with E-state index >= 15 is 0 Å². The van der Waals surface area contributed by atoms with Crippen LogP contribution in [0.2, 0.25) is 5.02 Å². The summed E-state index contributed by atoms with van der Waals surface area (Å²) in [6.45, 7) is 9.05. The number of hydrogen-bond donors (Lipinski definition) is 0. The normalized spacial score (nSPS) is 18.6. The lowest BCUT2D eigenvalue weighted by Crippen LogP contribution is -2.12. The number of halogens is 1. The Balaban J connectivity index is 1.51. The van der Waals surface area contributed by atoms with Crippen molar-refractivity contribution in [3.8, 4) is 22.6 Å². The summed E-state index contributed by atoms with van der Waals surface area (Å²) in [5, 5.41) is 0.698. The van der Waals surface area contributed by atoms with E-state index in [1.165, 1.54) is 19.3 Å². The second kappa shape index (κ2) is 11.8. The van der Waals surface area contributed by atoms with Crippen molar-refractivity contribution in [3.63, 3.8) is 0 Å². The summed E-state index contributed by atoms with van der Waals surface area (Å²) in [6.07, 6.45) is 7.94. The first-order chi connectivity index (χ1) is 15.0. The monoisotopic (exact) mass is 444 g/mol. The van der Waals surface area contributed by atoms with Crippen LogP contribution in [-0.2, 0) is 4.74 Å². The predicted molar refractivity (Wildman–Crippen MR) is 129 cm³/mol. The van der Waals surface area contributed by atoms with Gasteiger partial charge in [-0.05, 0) is 67.5 Å². The number of ether oxygens (including phenoxy) is 3. The van der Waals surface area contributed by atoms with Crippen LogP contribution >= 0.6 is 11.6 Å². The molecule has 3 rings (SSSR count). The Kier molecular flexibility index (Phi) is 9.10. The molecule has 1 aliphatic rings. The summed E-state index contributed by atoms with van der Waals surface area (Å²) in [5.41, 5.74) is 2.19. The van der Waals surface area contributed by atoms with Gasteiger partial charge in [0, 0.05) is 5.56 Å². The van der Waals surface area contributed by atoms with Gasteiger partial charge in [-0.25, -0.2) is 0 Å². The van der Waals surface area contributed by atoms with Gasteiger partial charge in [-0.2, -0.15) is 0 Å². The molecule has 2 unspecified atom stereocenters. The third kappa shape index (κ3) is 7.43. The molecule has 1 fully saturated rings. The van der Waals surface area contributed by atoms with Crippen molar-refractivity contribution in [1.29, 1.82) is 0 Å².